The van der Waals surface area contributed by atoms with E-state index in [1.54, 1.807) is 20.9 Å². The van der Waals surface area contributed by atoms with Crippen molar-refractivity contribution in [3.8, 4) is 6.07 Å². The highest BCUT2D eigenvalue weighted by atomic mass is 32.2. The molecule has 0 spiro atoms. The van der Waals surface area contributed by atoms with Gasteiger partial charge >= 0.3 is 11.9 Å². The standard InChI is InChI=1S/C15H15N5O4S/c1-4-23-15(22)10-5-9(2)17-14(11(10)6-16)25-8-12(21)18-13-7-20(3)19-24-13/h5,7H,4,8H2,1-3H3. The average molecular weight is 361 g/mol. The fraction of sp³-hybridized carbons (Fsp3) is 0.333. The lowest BCUT2D eigenvalue weighted by atomic mass is 10.1. The number of nitriles is 1. The molecule has 0 unspecified atom stereocenters. The van der Waals surface area contributed by atoms with Gasteiger partial charge in [0.05, 0.1) is 17.7 Å². The SMILES string of the molecule is CCOC(=O)c1cc(C)nc(SC/C([O-])=N/c2c[n+](C)no2)c1C#N. The van der Waals surface area contributed by atoms with E-state index >= 15 is 0 Å². The molecule has 0 N–H and O–H groups in total. The number of esters is 1. The molecule has 2 rings (SSSR count). The number of aromatic nitrogens is 3. The third-order valence-corrected chi connectivity index (χ3v) is 3.81. The molecule has 0 aliphatic carbocycles. The number of rotatable bonds is 6. The summed E-state index contributed by atoms with van der Waals surface area (Å²) in [4.78, 5) is 20.0. The number of nitrogens with zero attached hydrogens (tertiary/aromatic N) is 5. The number of aryl methyl sites for hydroxylation is 2. The summed E-state index contributed by atoms with van der Waals surface area (Å²) < 4.78 is 11.1. The minimum absolute atomic E-state index is 0.0716. The van der Waals surface area contributed by atoms with Gasteiger partial charge in [0.1, 0.15) is 11.1 Å². The van der Waals surface area contributed by atoms with E-state index in [1.165, 1.54) is 16.9 Å². The van der Waals surface area contributed by atoms with Crippen LogP contribution in [0.1, 0.15) is 28.5 Å². The minimum atomic E-state index is -0.600. The second-order valence-electron chi connectivity index (χ2n) is 4.83. The molecule has 0 amide bonds. The monoisotopic (exact) mass is 361 g/mol. The van der Waals surface area contributed by atoms with E-state index in [9.17, 15) is 15.2 Å². The number of pyridine rings is 1. The van der Waals surface area contributed by atoms with E-state index in [2.05, 4.69) is 15.2 Å². The van der Waals surface area contributed by atoms with Crippen LogP contribution in [0, 0.1) is 18.3 Å². The molecule has 2 heterocycles. The van der Waals surface area contributed by atoms with E-state index < -0.39 is 11.9 Å². The number of carbonyl (C=O) groups excluding carboxylic acids is 1. The molecule has 2 aromatic rings. The predicted molar refractivity (Wildman–Crippen MR) is 85.1 cm³/mol. The molecule has 0 aliphatic heterocycles. The van der Waals surface area contributed by atoms with Gasteiger partial charge in [-0.25, -0.2) is 14.8 Å². The molecule has 0 bridgehead atoms. The van der Waals surface area contributed by atoms with Gasteiger partial charge < -0.3 is 9.84 Å². The van der Waals surface area contributed by atoms with Crippen molar-refractivity contribution >= 4 is 29.5 Å². The Morgan fingerprint density at radius 2 is 2.36 bits per heavy atom. The van der Waals surface area contributed by atoms with Gasteiger partial charge in [-0.3, -0.25) is 4.52 Å². The van der Waals surface area contributed by atoms with E-state index in [0.717, 1.165) is 11.8 Å². The number of hydrogen-bond acceptors (Lipinski definition) is 9. The van der Waals surface area contributed by atoms with E-state index in [-0.39, 0.29) is 34.4 Å². The minimum Gasteiger partial charge on any atom is -0.861 e. The maximum absolute atomic E-state index is 12.0. The molecule has 0 saturated heterocycles. The Kier molecular flexibility index (Phi) is 6.08. The van der Waals surface area contributed by atoms with Crippen LogP contribution in [-0.2, 0) is 11.8 Å². The fourth-order valence-electron chi connectivity index (χ4n) is 1.87. The highest BCUT2D eigenvalue weighted by Crippen LogP contribution is 2.24. The maximum Gasteiger partial charge on any atom is 0.339 e. The van der Waals surface area contributed by atoms with E-state index in [1.807, 2.05) is 6.07 Å². The normalized spacial score (nSPS) is 11.2. The smallest absolute Gasteiger partial charge is 0.339 e. The van der Waals surface area contributed by atoms with Gasteiger partial charge in [0.2, 0.25) is 0 Å². The summed E-state index contributed by atoms with van der Waals surface area (Å²) in [7, 11) is 1.63. The Hall–Kier alpha value is -2.93. The highest BCUT2D eigenvalue weighted by Gasteiger charge is 2.18. The molecule has 0 radical (unpaired) electrons. The van der Waals surface area contributed by atoms with Gasteiger partial charge in [-0.2, -0.15) is 5.26 Å². The van der Waals surface area contributed by atoms with Gasteiger partial charge in [-0.15, -0.1) is 0 Å². The predicted octanol–water partition coefficient (Wildman–Crippen LogP) is 0.433. The van der Waals surface area contributed by atoms with Gasteiger partial charge in [-0.05, 0) is 25.8 Å². The Labute approximate surface area is 147 Å². The number of carbonyl (C=O) groups is 1. The van der Waals surface area contributed by atoms with E-state index in [0.29, 0.717) is 5.69 Å². The Morgan fingerprint density at radius 3 is 2.96 bits per heavy atom. The summed E-state index contributed by atoms with van der Waals surface area (Å²) in [5.74, 6) is -1.07. The first-order chi connectivity index (χ1) is 11.9. The van der Waals surface area contributed by atoms with Crippen molar-refractivity contribution < 1.29 is 23.8 Å². The van der Waals surface area contributed by atoms with Crippen LogP contribution in [-0.4, -0.2) is 34.5 Å². The lowest BCUT2D eigenvalue weighted by Gasteiger charge is -2.11. The van der Waals surface area contributed by atoms with Gasteiger partial charge in [0, 0.05) is 11.4 Å². The molecular weight excluding hydrogens is 346 g/mol. The molecule has 0 atom stereocenters. The third-order valence-electron chi connectivity index (χ3n) is 2.85. The Morgan fingerprint density at radius 1 is 1.60 bits per heavy atom. The van der Waals surface area contributed by atoms with Crippen molar-refractivity contribution in [2.45, 2.75) is 18.9 Å². The largest absolute Gasteiger partial charge is 0.861 e. The molecule has 130 valence electrons. The molecule has 9 nitrogen and oxygen atoms in total. The first-order valence-corrected chi connectivity index (χ1v) is 8.22. The molecule has 0 fully saturated rings. The average Bonchev–Trinajstić information content (AvgIpc) is 2.97. The lowest BCUT2D eigenvalue weighted by Crippen LogP contribution is -2.27. The number of aliphatic imine (C=N–C) groups is 1. The summed E-state index contributed by atoms with van der Waals surface area (Å²) >= 11 is 1.02. The maximum atomic E-state index is 12.0. The van der Waals surface area contributed by atoms with Crippen molar-refractivity contribution in [3.05, 3.63) is 29.1 Å². The van der Waals surface area contributed by atoms with Crippen LogP contribution >= 0.6 is 11.8 Å². The second-order valence-corrected chi connectivity index (χ2v) is 5.80. The second kappa shape index (κ2) is 8.25. The van der Waals surface area contributed by atoms with Crippen LogP contribution in [0.4, 0.5) is 5.88 Å². The zero-order valence-corrected chi connectivity index (χ0v) is 14.7. The van der Waals surface area contributed by atoms with Crippen LogP contribution in [0.3, 0.4) is 0 Å². The topological polar surface area (TPSA) is 128 Å². The molecule has 0 aromatic carbocycles. The van der Waals surface area contributed by atoms with Crippen LogP contribution in [0.15, 0.2) is 26.8 Å². The molecule has 25 heavy (non-hydrogen) atoms. The first kappa shape index (κ1) is 18.4. The van der Waals surface area contributed by atoms with Crippen molar-refractivity contribution in [1.29, 1.82) is 5.26 Å². The molecule has 10 heteroatoms. The first-order valence-electron chi connectivity index (χ1n) is 7.23. The summed E-state index contributed by atoms with van der Waals surface area (Å²) in [6.07, 6.45) is 1.45. The van der Waals surface area contributed by atoms with Crippen molar-refractivity contribution in [1.82, 2.24) is 10.3 Å². The molecule has 2 aromatic heterocycles. The summed E-state index contributed by atoms with van der Waals surface area (Å²) in [5, 5.41) is 25.1. The van der Waals surface area contributed by atoms with Gasteiger partial charge in [0.15, 0.2) is 12.3 Å². The zero-order valence-electron chi connectivity index (χ0n) is 13.8. The lowest BCUT2D eigenvalue weighted by molar-refractivity contribution is -0.739. The Balaban J connectivity index is 2.23. The van der Waals surface area contributed by atoms with Crippen LogP contribution in [0.25, 0.3) is 0 Å². The van der Waals surface area contributed by atoms with Crippen LogP contribution in [0.2, 0.25) is 0 Å². The molecule has 0 aliphatic rings. The highest BCUT2D eigenvalue weighted by molar-refractivity contribution is 7.99. The Bertz CT molecular complexity index is 856. The van der Waals surface area contributed by atoms with E-state index in [4.69, 9.17) is 9.26 Å². The van der Waals surface area contributed by atoms with Crippen molar-refractivity contribution in [2.24, 2.45) is 12.0 Å². The van der Waals surface area contributed by atoms with Crippen molar-refractivity contribution in [2.75, 3.05) is 12.4 Å². The number of ether oxygens (including phenoxy) is 1. The van der Waals surface area contributed by atoms with Crippen LogP contribution in [0.5, 0.6) is 0 Å². The summed E-state index contributed by atoms with van der Waals surface area (Å²) in [6.45, 7) is 3.56. The summed E-state index contributed by atoms with van der Waals surface area (Å²) in [6, 6.07) is 3.44. The fourth-order valence-corrected chi connectivity index (χ4v) is 2.71. The molecular formula is C15H15N5O4S. The molecule has 0 saturated carbocycles. The van der Waals surface area contributed by atoms with Crippen molar-refractivity contribution in [3.63, 3.8) is 0 Å². The zero-order chi connectivity index (χ0) is 18.4. The third kappa shape index (κ3) is 4.77. The number of hydrogen-bond donors (Lipinski definition) is 0. The quantitative estimate of drug-likeness (QED) is 0.238. The van der Waals surface area contributed by atoms with Crippen LogP contribution < -0.4 is 9.79 Å². The van der Waals surface area contributed by atoms with Gasteiger partial charge in [0.25, 0.3) is 6.20 Å². The summed E-state index contributed by atoms with van der Waals surface area (Å²) in [5.41, 5.74) is 0.745. The van der Waals surface area contributed by atoms with Gasteiger partial charge in [-0.1, -0.05) is 16.4 Å². The number of thioether (sulfide) groups is 1.